The van der Waals surface area contributed by atoms with Crippen molar-refractivity contribution in [3.05, 3.63) is 63.0 Å². The first-order chi connectivity index (χ1) is 9.47. The van der Waals surface area contributed by atoms with Crippen LogP contribution in [0.1, 0.15) is 18.5 Å². The van der Waals surface area contributed by atoms with Crippen molar-refractivity contribution in [2.45, 2.75) is 19.9 Å². The highest BCUT2D eigenvalue weighted by atomic mass is 79.9. The Morgan fingerprint density at radius 2 is 1.85 bits per heavy atom. The zero-order valence-electron chi connectivity index (χ0n) is 11.3. The number of anilines is 1. The molecule has 1 atom stereocenters. The molecule has 5 heteroatoms. The fourth-order valence-corrected chi connectivity index (χ4v) is 2.09. The molecule has 1 N–H and O–H groups in total. The van der Waals surface area contributed by atoms with Crippen molar-refractivity contribution in [3.63, 3.8) is 0 Å². The molecular formula is C15H15BrN2O2. The van der Waals surface area contributed by atoms with Gasteiger partial charge in [-0.1, -0.05) is 22.0 Å². The Morgan fingerprint density at radius 1 is 1.20 bits per heavy atom. The molecule has 2 aromatic rings. The Balaban J connectivity index is 2.18. The van der Waals surface area contributed by atoms with Crippen LogP contribution in [-0.2, 0) is 4.79 Å². The van der Waals surface area contributed by atoms with Crippen LogP contribution in [0, 0.1) is 6.92 Å². The van der Waals surface area contributed by atoms with E-state index >= 15 is 0 Å². The Bertz CT molecular complexity index is 677. The SMILES string of the molecule is Cc1ccc(=O)n(C(C)C(=O)Nc2ccc(Br)cc2)c1. The van der Waals surface area contributed by atoms with E-state index in [1.54, 1.807) is 31.3 Å². The van der Waals surface area contributed by atoms with Gasteiger partial charge in [-0.05, 0) is 43.7 Å². The molecule has 2 rings (SSSR count). The Hall–Kier alpha value is -1.88. The summed E-state index contributed by atoms with van der Waals surface area (Å²) in [5.74, 6) is -0.222. The maximum atomic E-state index is 12.2. The van der Waals surface area contributed by atoms with Gasteiger partial charge in [0.2, 0.25) is 5.91 Å². The van der Waals surface area contributed by atoms with Gasteiger partial charge in [-0.2, -0.15) is 0 Å². The third kappa shape index (κ3) is 3.36. The molecule has 104 valence electrons. The highest BCUT2D eigenvalue weighted by Crippen LogP contribution is 2.15. The fourth-order valence-electron chi connectivity index (χ4n) is 1.82. The van der Waals surface area contributed by atoms with Crippen molar-refractivity contribution < 1.29 is 4.79 Å². The highest BCUT2D eigenvalue weighted by molar-refractivity contribution is 9.10. The zero-order chi connectivity index (χ0) is 14.7. The molecule has 20 heavy (non-hydrogen) atoms. The van der Waals surface area contributed by atoms with E-state index in [1.807, 2.05) is 19.1 Å². The molecule has 1 heterocycles. The zero-order valence-corrected chi connectivity index (χ0v) is 12.8. The van der Waals surface area contributed by atoms with Gasteiger partial charge in [0.05, 0.1) is 0 Å². The van der Waals surface area contributed by atoms with Gasteiger partial charge in [0.15, 0.2) is 0 Å². The molecular weight excluding hydrogens is 320 g/mol. The summed E-state index contributed by atoms with van der Waals surface area (Å²) in [6, 6.07) is 9.93. The van der Waals surface area contributed by atoms with Crippen LogP contribution in [0.4, 0.5) is 5.69 Å². The summed E-state index contributed by atoms with van der Waals surface area (Å²) < 4.78 is 2.38. The first kappa shape index (κ1) is 14.5. The Kier molecular flexibility index (Phi) is 4.39. The molecule has 1 aromatic carbocycles. The van der Waals surface area contributed by atoms with E-state index in [9.17, 15) is 9.59 Å². The van der Waals surface area contributed by atoms with Crippen LogP contribution in [0.25, 0.3) is 0 Å². The monoisotopic (exact) mass is 334 g/mol. The molecule has 1 unspecified atom stereocenters. The lowest BCUT2D eigenvalue weighted by atomic mass is 10.2. The summed E-state index contributed by atoms with van der Waals surface area (Å²) in [4.78, 5) is 24.0. The van der Waals surface area contributed by atoms with Crippen LogP contribution < -0.4 is 10.9 Å². The molecule has 0 fully saturated rings. The van der Waals surface area contributed by atoms with Gasteiger partial charge in [0.25, 0.3) is 5.56 Å². The predicted molar refractivity (Wildman–Crippen MR) is 82.9 cm³/mol. The number of aromatic nitrogens is 1. The third-order valence-electron chi connectivity index (χ3n) is 2.99. The van der Waals surface area contributed by atoms with E-state index in [4.69, 9.17) is 0 Å². The van der Waals surface area contributed by atoms with Gasteiger partial charge in [0.1, 0.15) is 6.04 Å². The highest BCUT2D eigenvalue weighted by Gasteiger charge is 2.16. The van der Waals surface area contributed by atoms with Crippen LogP contribution >= 0.6 is 15.9 Å². The third-order valence-corrected chi connectivity index (χ3v) is 3.52. The van der Waals surface area contributed by atoms with Crippen LogP contribution in [-0.4, -0.2) is 10.5 Å². The van der Waals surface area contributed by atoms with E-state index in [2.05, 4.69) is 21.2 Å². The summed E-state index contributed by atoms with van der Waals surface area (Å²) in [5.41, 5.74) is 1.45. The van der Waals surface area contributed by atoms with Gasteiger partial charge in [0, 0.05) is 22.4 Å². The van der Waals surface area contributed by atoms with Gasteiger partial charge in [-0.15, -0.1) is 0 Å². The topological polar surface area (TPSA) is 51.1 Å². The molecule has 0 bridgehead atoms. The largest absolute Gasteiger partial charge is 0.324 e. The van der Waals surface area contributed by atoms with Crippen molar-refractivity contribution in [2.24, 2.45) is 0 Å². The summed E-state index contributed by atoms with van der Waals surface area (Å²) >= 11 is 3.34. The first-order valence-electron chi connectivity index (χ1n) is 6.22. The second-order valence-electron chi connectivity index (χ2n) is 4.62. The van der Waals surface area contributed by atoms with E-state index < -0.39 is 6.04 Å². The molecule has 0 saturated carbocycles. The maximum Gasteiger partial charge on any atom is 0.251 e. The summed E-state index contributed by atoms with van der Waals surface area (Å²) in [5, 5.41) is 2.79. The lowest BCUT2D eigenvalue weighted by molar-refractivity contribution is -0.118. The number of aryl methyl sites for hydroxylation is 1. The number of amides is 1. The summed E-state index contributed by atoms with van der Waals surface area (Å²) in [7, 11) is 0. The van der Waals surface area contributed by atoms with Gasteiger partial charge < -0.3 is 9.88 Å². The van der Waals surface area contributed by atoms with Crippen molar-refractivity contribution >= 4 is 27.5 Å². The van der Waals surface area contributed by atoms with Crippen molar-refractivity contribution in [2.75, 3.05) is 5.32 Å². The first-order valence-corrected chi connectivity index (χ1v) is 7.02. The Labute approximate surface area is 125 Å². The lowest BCUT2D eigenvalue weighted by Gasteiger charge is -2.15. The normalized spacial score (nSPS) is 11.9. The van der Waals surface area contributed by atoms with Crippen LogP contribution in [0.3, 0.4) is 0 Å². The number of hydrogen-bond donors (Lipinski definition) is 1. The van der Waals surface area contributed by atoms with Crippen molar-refractivity contribution in [3.8, 4) is 0 Å². The molecule has 0 aliphatic rings. The van der Waals surface area contributed by atoms with Gasteiger partial charge in [-0.25, -0.2) is 0 Å². The molecule has 0 radical (unpaired) electrons. The number of benzene rings is 1. The quantitative estimate of drug-likeness (QED) is 0.937. The average Bonchev–Trinajstić information content (AvgIpc) is 2.43. The van der Waals surface area contributed by atoms with E-state index in [0.29, 0.717) is 5.69 Å². The van der Waals surface area contributed by atoms with Gasteiger partial charge in [-0.3, -0.25) is 9.59 Å². The van der Waals surface area contributed by atoms with Gasteiger partial charge >= 0.3 is 0 Å². The van der Waals surface area contributed by atoms with Crippen LogP contribution in [0.2, 0.25) is 0 Å². The average molecular weight is 335 g/mol. The fraction of sp³-hybridized carbons (Fsp3) is 0.200. The number of pyridine rings is 1. The molecule has 4 nitrogen and oxygen atoms in total. The number of hydrogen-bond acceptors (Lipinski definition) is 2. The summed E-state index contributed by atoms with van der Waals surface area (Å²) in [6.45, 7) is 3.59. The van der Waals surface area contributed by atoms with E-state index in [0.717, 1.165) is 10.0 Å². The van der Waals surface area contributed by atoms with Crippen molar-refractivity contribution in [1.82, 2.24) is 4.57 Å². The lowest BCUT2D eigenvalue weighted by Crippen LogP contribution is -2.31. The second-order valence-corrected chi connectivity index (χ2v) is 5.54. The smallest absolute Gasteiger partial charge is 0.251 e. The van der Waals surface area contributed by atoms with Crippen LogP contribution in [0.15, 0.2) is 51.9 Å². The van der Waals surface area contributed by atoms with Crippen molar-refractivity contribution in [1.29, 1.82) is 0 Å². The number of halogens is 1. The standard InChI is InChI=1S/C15H15BrN2O2/c1-10-3-8-14(19)18(9-10)11(2)15(20)17-13-6-4-12(16)5-7-13/h3-9,11H,1-2H3,(H,17,20). The predicted octanol–water partition coefficient (Wildman–Crippen LogP) is 3.12. The molecule has 1 aromatic heterocycles. The molecule has 0 aliphatic heterocycles. The molecule has 0 spiro atoms. The minimum Gasteiger partial charge on any atom is -0.324 e. The Morgan fingerprint density at radius 3 is 2.50 bits per heavy atom. The van der Waals surface area contributed by atoms with E-state index in [-0.39, 0.29) is 11.5 Å². The number of nitrogens with zero attached hydrogens (tertiary/aromatic N) is 1. The number of rotatable bonds is 3. The number of nitrogens with one attached hydrogen (secondary N) is 1. The molecule has 0 aliphatic carbocycles. The van der Waals surface area contributed by atoms with Crippen LogP contribution in [0.5, 0.6) is 0 Å². The molecule has 0 saturated heterocycles. The van der Waals surface area contributed by atoms with E-state index in [1.165, 1.54) is 10.6 Å². The minimum atomic E-state index is -0.564. The summed E-state index contributed by atoms with van der Waals surface area (Å²) in [6.07, 6.45) is 1.69. The minimum absolute atomic E-state index is 0.186. The number of carbonyl (C=O) groups is 1. The molecule has 1 amide bonds. The maximum absolute atomic E-state index is 12.2. The number of carbonyl (C=O) groups excluding carboxylic acids is 1. The second kappa shape index (κ2) is 6.05.